The fraction of sp³-hybridized carbons (Fsp3) is 0.667. The van der Waals surface area contributed by atoms with Gasteiger partial charge in [-0.2, -0.15) is 0 Å². The first-order valence-electron chi connectivity index (χ1n) is 9.95. The number of carbonyl (C=O) groups is 1. The van der Waals surface area contributed by atoms with Gasteiger partial charge in [-0.1, -0.05) is 38.1 Å². The number of hydrogen-bond donors (Lipinski definition) is 1. The molecule has 0 aromatic heterocycles. The highest BCUT2D eigenvalue weighted by atomic mass is 16.5. The molecule has 1 aromatic rings. The zero-order valence-corrected chi connectivity index (χ0v) is 16.2. The number of piperidine rings is 1. The molecule has 1 N–H and O–H groups in total. The van der Waals surface area contributed by atoms with Gasteiger partial charge in [-0.05, 0) is 29.4 Å². The van der Waals surface area contributed by atoms with Gasteiger partial charge in [0, 0.05) is 39.3 Å². The predicted molar refractivity (Wildman–Crippen MR) is 104 cm³/mol. The van der Waals surface area contributed by atoms with Crippen molar-refractivity contribution >= 4 is 5.91 Å². The lowest BCUT2D eigenvalue weighted by Gasteiger charge is -2.34. The lowest BCUT2D eigenvalue weighted by atomic mass is 9.92. The van der Waals surface area contributed by atoms with Crippen LogP contribution in [0.3, 0.4) is 0 Å². The molecule has 0 saturated carbocycles. The van der Waals surface area contributed by atoms with Gasteiger partial charge in [0.1, 0.15) is 0 Å². The van der Waals surface area contributed by atoms with Crippen molar-refractivity contribution in [3.63, 3.8) is 0 Å². The number of ether oxygens (including phenoxy) is 1. The Balaban J connectivity index is 1.40. The smallest absolute Gasteiger partial charge is 0.234 e. The molecule has 5 nitrogen and oxygen atoms in total. The topological polar surface area (TPSA) is 44.8 Å². The number of morpholine rings is 1. The van der Waals surface area contributed by atoms with Crippen molar-refractivity contribution in [1.29, 1.82) is 0 Å². The van der Waals surface area contributed by atoms with Crippen LogP contribution in [0.25, 0.3) is 0 Å². The van der Waals surface area contributed by atoms with E-state index in [4.69, 9.17) is 4.74 Å². The fourth-order valence-electron chi connectivity index (χ4n) is 4.16. The average Bonchev–Trinajstić information content (AvgIpc) is 2.61. The summed E-state index contributed by atoms with van der Waals surface area (Å²) in [6, 6.07) is 8.60. The van der Waals surface area contributed by atoms with Crippen LogP contribution in [0.15, 0.2) is 24.3 Å². The summed E-state index contributed by atoms with van der Waals surface area (Å²) in [5.74, 6) is 1.50. The standard InChI is InChI=1S/C21H33N3O2/c1-17-11-18(2)14-24(13-17)16-21(25)22-12-19-3-5-20(6-4-19)15-23-7-9-26-10-8-23/h3-6,17-18H,7-16H2,1-2H3,(H,22,25)/t17-,18+. The number of amides is 1. The summed E-state index contributed by atoms with van der Waals surface area (Å²) < 4.78 is 5.39. The zero-order chi connectivity index (χ0) is 18.4. The molecule has 0 bridgehead atoms. The third-order valence-corrected chi connectivity index (χ3v) is 5.33. The zero-order valence-electron chi connectivity index (χ0n) is 16.2. The Labute approximate surface area is 157 Å². The maximum absolute atomic E-state index is 12.3. The van der Waals surface area contributed by atoms with Crippen LogP contribution in [-0.4, -0.2) is 61.6 Å². The van der Waals surface area contributed by atoms with Crippen molar-refractivity contribution in [2.75, 3.05) is 45.9 Å². The number of nitrogens with zero attached hydrogens (tertiary/aromatic N) is 2. The molecule has 0 radical (unpaired) electrons. The molecule has 1 amide bonds. The SMILES string of the molecule is C[C@@H]1C[C@H](C)CN(CC(=O)NCc2ccc(CN3CCOCC3)cc2)C1. The Morgan fingerprint density at radius 3 is 2.31 bits per heavy atom. The molecule has 0 aliphatic carbocycles. The second kappa shape index (κ2) is 9.49. The van der Waals surface area contributed by atoms with Gasteiger partial charge in [-0.3, -0.25) is 14.6 Å². The summed E-state index contributed by atoms with van der Waals surface area (Å²) >= 11 is 0. The van der Waals surface area contributed by atoms with Gasteiger partial charge in [-0.15, -0.1) is 0 Å². The molecule has 5 heteroatoms. The molecule has 144 valence electrons. The first kappa shape index (κ1) is 19.3. The van der Waals surface area contributed by atoms with E-state index in [1.54, 1.807) is 0 Å². The minimum absolute atomic E-state index is 0.128. The van der Waals surface area contributed by atoms with Gasteiger partial charge in [0.05, 0.1) is 19.8 Å². The Kier molecular flexibility index (Phi) is 7.06. The first-order chi connectivity index (χ1) is 12.6. The third kappa shape index (κ3) is 6.08. The fourth-order valence-corrected chi connectivity index (χ4v) is 4.16. The van der Waals surface area contributed by atoms with Crippen molar-refractivity contribution in [2.24, 2.45) is 11.8 Å². The van der Waals surface area contributed by atoms with Crippen molar-refractivity contribution in [1.82, 2.24) is 15.1 Å². The van der Waals surface area contributed by atoms with Gasteiger partial charge in [0.2, 0.25) is 5.91 Å². The second-order valence-electron chi connectivity index (χ2n) is 8.12. The maximum Gasteiger partial charge on any atom is 0.234 e. The molecule has 2 heterocycles. The highest BCUT2D eigenvalue weighted by Gasteiger charge is 2.23. The number of likely N-dealkylation sites (tertiary alicyclic amines) is 1. The van der Waals surface area contributed by atoms with Gasteiger partial charge in [0.15, 0.2) is 0 Å². The number of carbonyl (C=O) groups excluding carboxylic acids is 1. The molecule has 2 saturated heterocycles. The molecule has 0 spiro atoms. The van der Waals surface area contributed by atoms with Crippen molar-refractivity contribution < 1.29 is 9.53 Å². The lowest BCUT2D eigenvalue weighted by molar-refractivity contribution is -0.123. The van der Waals surface area contributed by atoms with Gasteiger partial charge in [0.25, 0.3) is 0 Å². The Hall–Kier alpha value is -1.43. The predicted octanol–water partition coefficient (Wildman–Crippen LogP) is 2.11. The van der Waals surface area contributed by atoms with Crippen LogP contribution in [0, 0.1) is 11.8 Å². The molecule has 2 aliphatic heterocycles. The van der Waals surface area contributed by atoms with Crippen LogP contribution < -0.4 is 5.32 Å². The Morgan fingerprint density at radius 2 is 1.65 bits per heavy atom. The van der Waals surface area contributed by atoms with Crippen LogP contribution in [0.5, 0.6) is 0 Å². The van der Waals surface area contributed by atoms with Crippen LogP contribution in [0.2, 0.25) is 0 Å². The summed E-state index contributed by atoms with van der Waals surface area (Å²) in [5.41, 5.74) is 2.47. The van der Waals surface area contributed by atoms with Crippen LogP contribution >= 0.6 is 0 Å². The van der Waals surface area contributed by atoms with E-state index in [1.165, 1.54) is 12.0 Å². The summed E-state index contributed by atoms with van der Waals surface area (Å²) in [5, 5.41) is 3.07. The minimum atomic E-state index is 0.128. The van der Waals surface area contributed by atoms with Crippen LogP contribution in [0.1, 0.15) is 31.4 Å². The van der Waals surface area contributed by atoms with Gasteiger partial charge < -0.3 is 10.1 Å². The maximum atomic E-state index is 12.3. The second-order valence-corrected chi connectivity index (χ2v) is 8.12. The summed E-state index contributed by atoms with van der Waals surface area (Å²) in [6.07, 6.45) is 1.27. The molecule has 2 atom stereocenters. The molecule has 1 aromatic carbocycles. The highest BCUT2D eigenvalue weighted by molar-refractivity contribution is 5.78. The Bertz CT molecular complexity index is 559. The van der Waals surface area contributed by atoms with Crippen LogP contribution in [-0.2, 0) is 22.6 Å². The molecular weight excluding hydrogens is 326 g/mol. The van der Waals surface area contributed by atoms with Crippen molar-refractivity contribution in [3.05, 3.63) is 35.4 Å². The van der Waals surface area contributed by atoms with E-state index in [0.717, 1.165) is 51.5 Å². The molecule has 26 heavy (non-hydrogen) atoms. The normalized spacial score (nSPS) is 25.2. The van der Waals surface area contributed by atoms with Crippen molar-refractivity contribution in [2.45, 2.75) is 33.4 Å². The van der Waals surface area contributed by atoms with Gasteiger partial charge >= 0.3 is 0 Å². The van der Waals surface area contributed by atoms with Gasteiger partial charge in [-0.25, -0.2) is 0 Å². The number of hydrogen-bond acceptors (Lipinski definition) is 4. The first-order valence-corrected chi connectivity index (χ1v) is 9.95. The molecule has 3 rings (SSSR count). The van der Waals surface area contributed by atoms with Crippen molar-refractivity contribution in [3.8, 4) is 0 Å². The largest absolute Gasteiger partial charge is 0.379 e. The number of nitrogens with one attached hydrogen (secondary N) is 1. The molecule has 2 fully saturated rings. The number of rotatable bonds is 6. The van der Waals surface area contributed by atoms with E-state index in [0.29, 0.717) is 24.9 Å². The van der Waals surface area contributed by atoms with E-state index >= 15 is 0 Å². The van der Waals surface area contributed by atoms with Crippen LogP contribution in [0.4, 0.5) is 0 Å². The quantitative estimate of drug-likeness (QED) is 0.845. The minimum Gasteiger partial charge on any atom is -0.379 e. The summed E-state index contributed by atoms with van der Waals surface area (Å²) in [6.45, 7) is 12.4. The van der Waals surface area contributed by atoms with E-state index in [2.05, 4.69) is 53.2 Å². The molecule has 0 unspecified atom stereocenters. The summed E-state index contributed by atoms with van der Waals surface area (Å²) in [7, 11) is 0. The Morgan fingerprint density at radius 1 is 1.04 bits per heavy atom. The number of benzene rings is 1. The van der Waals surface area contributed by atoms with E-state index in [-0.39, 0.29) is 5.91 Å². The summed E-state index contributed by atoms with van der Waals surface area (Å²) in [4.78, 5) is 17.0. The van der Waals surface area contributed by atoms with E-state index < -0.39 is 0 Å². The molecule has 2 aliphatic rings. The average molecular weight is 360 g/mol. The highest BCUT2D eigenvalue weighted by Crippen LogP contribution is 2.20. The third-order valence-electron chi connectivity index (χ3n) is 5.33. The van der Waals surface area contributed by atoms with E-state index in [9.17, 15) is 4.79 Å². The monoisotopic (exact) mass is 359 g/mol. The molecular formula is C21H33N3O2. The lowest BCUT2D eigenvalue weighted by Crippen LogP contribution is -2.44. The van der Waals surface area contributed by atoms with E-state index in [1.807, 2.05) is 0 Å².